The maximum atomic E-state index is 12.0. The second-order valence-corrected chi connectivity index (χ2v) is 5.62. The Morgan fingerprint density at radius 3 is 2.73 bits per heavy atom. The van der Waals surface area contributed by atoms with E-state index in [1.807, 2.05) is 0 Å². The topological polar surface area (TPSA) is 65.1 Å². The fraction of sp³-hybridized carbons (Fsp3) is 0.467. The van der Waals surface area contributed by atoms with Crippen molar-refractivity contribution in [3.8, 4) is 11.5 Å². The Balaban J connectivity index is 1.60. The Hall–Kier alpha value is -1.95. The van der Waals surface area contributed by atoms with Gasteiger partial charge in [0.2, 0.25) is 6.79 Å². The number of amides is 1. The van der Waals surface area contributed by atoms with Crippen molar-refractivity contribution in [1.29, 1.82) is 0 Å². The second-order valence-electron chi connectivity index (χ2n) is 5.21. The number of rotatable bonds is 3. The first-order valence-corrected chi connectivity index (χ1v) is 7.57. The van der Waals surface area contributed by atoms with Gasteiger partial charge in [-0.1, -0.05) is 11.6 Å². The van der Waals surface area contributed by atoms with Crippen molar-refractivity contribution < 1.29 is 23.8 Å². The highest BCUT2D eigenvalue weighted by Gasteiger charge is 2.23. The lowest BCUT2D eigenvalue weighted by atomic mass is 10.1. The van der Waals surface area contributed by atoms with Crippen molar-refractivity contribution in [3.05, 3.63) is 22.7 Å². The molecule has 7 heteroatoms. The summed E-state index contributed by atoms with van der Waals surface area (Å²) in [6, 6.07) is 2.95. The van der Waals surface area contributed by atoms with Gasteiger partial charge in [-0.2, -0.15) is 0 Å². The lowest BCUT2D eigenvalue weighted by Gasteiger charge is -2.26. The first kappa shape index (κ1) is 15.0. The van der Waals surface area contributed by atoms with E-state index in [9.17, 15) is 9.59 Å². The molecular formula is C15H16ClNO5. The molecule has 1 saturated heterocycles. The van der Waals surface area contributed by atoms with Crippen LogP contribution in [0.3, 0.4) is 0 Å². The van der Waals surface area contributed by atoms with Crippen LogP contribution in [-0.4, -0.2) is 43.3 Å². The van der Waals surface area contributed by atoms with E-state index >= 15 is 0 Å². The van der Waals surface area contributed by atoms with Crippen LogP contribution in [-0.2, 0) is 9.53 Å². The number of esters is 1. The van der Waals surface area contributed by atoms with Gasteiger partial charge in [0.05, 0.1) is 10.6 Å². The van der Waals surface area contributed by atoms with Crippen molar-refractivity contribution in [2.24, 2.45) is 0 Å². The van der Waals surface area contributed by atoms with E-state index in [4.69, 9.17) is 25.8 Å². The van der Waals surface area contributed by atoms with Gasteiger partial charge in [0.25, 0.3) is 5.91 Å². The third-order valence-corrected chi connectivity index (χ3v) is 3.98. The summed E-state index contributed by atoms with van der Waals surface area (Å²) in [5.74, 6) is 0.0508. The molecule has 1 amide bonds. The minimum atomic E-state index is -0.606. The molecule has 1 aromatic rings. The van der Waals surface area contributed by atoms with E-state index in [-0.39, 0.29) is 29.9 Å². The molecule has 0 radical (unpaired) electrons. The number of nitrogens with zero attached hydrogens (tertiary/aromatic N) is 1. The van der Waals surface area contributed by atoms with Crippen molar-refractivity contribution in [2.45, 2.75) is 19.3 Å². The molecule has 1 aromatic carbocycles. The van der Waals surface area contributed by atoms with E-state index in [2.05, 4.69) is 0 Å². The third kappa shape index (κ3) is 3.11. The molecule has 0 saturated carbocycles. The number of piperidine rings is 1. The van der Waals surface area contributed by atoms with Crippen molar-refractivity contribution in [3.63, 3.8) is 0 Å². The minimum absolute atomic E-state index is 0.0704. The van der Waals surface area contributed by atoms with Crippen LogP contribution in [0.1, 0.15) is 29.6 Å². The zero-order valence-electron chi connectivity index (χ0n) is 12.0. The summed E-state index contributed by atoms with van der Waals surface area (Å²) >= 11 is 6.02. The van der Waals surface area contributed by atoms with E-state index < -0.39 is 5.97 Å². The first-order chi connectivity index (χ1) is 10.6. The summed E-state index contributed by atoms with van der Waals surface area (Å²) in [7, 11) is 0. The molecule has 22 heavy (non-hydrogen) atoms. The highest BCUT2D eigenvalue weighted by molar-refractivity contribution is 6.32. The Morgan fingerprint density at radius 1 is 1.18 bits per heavy atom. The lowest BCUT2D eigenvalue weighted by Crippen LogP contribution is -2.38. The molecule has 0 aliphatic carbocycles. The van der Waals surface area contributed by atoms with Gasteiger partial charge in [0.15, 0.2) is 18.1 Å². The van der Waals surface area contributed by atoms with Crippen LogP contribution in [0.2, 0.25) is 5.02 Å². The van der Waals surface area contributed by atoms with Gasteiger partial charge in [-0.3, -0.25) is 4.79 Å². The zero-order valence-corrected chi connectivity index (χ0v) is 12.7. The minimum Gasteiger partial charge on any atom is -0.454 e. The summed E-state index contributed by atoms with van der Waals surface area (Å²) in [5, 5.41) is 0.282. The highest BCUT2D eigenvalue weighted by atomic mass is 35.5. The van der Waals surface area contributed by atoms with Gasteiger partial charge in [-0.05, 0) is 31.4 Å². The monoisotopic (exact) mass is 325 g/mol. The van der Waals surface area contributed by atoms with Crippen LogP contribution in [0.25, 0.3) is 0 Å². The quantitative estimate of drug-likeness (QED) is 0.797. The average Bonchev–Trinajstić information content (AvgIpc) is 3.02. The molecule has 0 aromatic heterocycles. The number of benzene rings is 1. The van der Waals surface area contributed by atoms with E-state index in [0.29, 0.717) is 11.5 Å². The molecule has 0 bridgehead atoms. The Bertz CT molecular complexity index is 598. The molecule has 0 unspecified atom stereocenters. The van der Waals surface area contributed by atoms with Crippen LogP contribution in [0.4, 0.5) is 0 Å². The molecular weight excluding hydrogens is 310 g/mol. The van der Waals surface area contributed by atoms with Gasteiger partial charge in [0.1, 0.15) is 0 Å². The average molecular weight is 326 g/mol. The Labute approximate surface area is 132 Å². The summed E-state index contributed by atoms with van der Waals surface area (Å²) < 4.78 is 15.4. The largest absolute Gasteiger partial charge is 0.454 e. The van der Waals surface area contributed by atoms with Crippen molar-refractivity contribution >= 4 is 23.5 Å². The van der Waals surface area contributed by atoms with Gasteiger partial charge in [-0.25, -0.2) is 4.79 Å². The predicted molar refractivity (Wildman–Crippen MR) is 78.3 cm³/mol. The van der Waals surface area contributed by atoms with E-state index in [1.165, 1.54) is 12.1 Å². The lowest BCUT2D eigenvalue weighted by molar-refractivity contribution is -0.135. The fourth-order valence-corrected chi connectivity index (χ4v) is 2.80. The molecule has 0 atom stereocenters. The number of carbonyl (C=O) groups is 2. The van der Waals surface area contributed by atoms with Gasteiger partial charge >= 0.3 is 5.97 Å². The molecule has 0 N–H and O–H groups in total. The van der Waals surface area contributed by atoms with Gasteiger partial charge in [-0.15, -0.1) is 0 Å². The maximum Gasteiger partial charge on any atom is 0.338 e. The number of carbonyl (C=O) groups excluding carboxylic acids is 2. The molecule has 3 rings (SSSR count). The molecule has 0 spiro atoms. The zero-order chi connectivity index (χ0) is 15.5. The standard InChI is InChI=1S/C15H16ClNO5/c16-11-6-10(7-12-14(11)22-9-21-12)15(19)20-8-13(18)17-4-2-1-3-5-17/h6-7H,1-5,8-9H2. The molecule has 2 heterocycles. The summed E-state index contributed by atoms with van der Waals surface area (Å²) in [6.45, 7) is 1.27. The van der Waals surface area contributed by atoms with Gasteiger partial charge < -0.3 is 19.1 Å². The predicted octanol–water partition coefficient (Wildman–Crippen LogP) is 2.24. The molecule has 2 aliphatic rings. The summed E-state index contributed by atoms with van der Waals surface area (Å²) in [5.41, 5.74) is 0.237. The molecule has 6 nitrogen and oxygen atoms in total. The highest BCUT2D eigenvalue weighted by Crippen LogP contribution is 2.39. The van der Waals surface area contributed by atoms with E-state index in [1.54, 1.807) is 4.90 Å². The SMILES string of the molecule is O=C(OCC(=O)N1CCCCC1)c1cc(Cl)c2c(c1)OCO2. The number of ether oxygens (including phenoxy) is 3. The summed E-state index contributed by atoms with van der Waals surface area (Å²) in [4.78, 5) is 25.7. The molecule has 118 valence electrons. The van der Waals surface area contributed by atoms with Crippen molar-refractivity contribution in [1.82, 2.24) is 4.90 Å². The normalized spacial score (nSPS) is 16.5. The number of likely N-dealkylation sites (tertiary alicyclic amines) is 1. The van der Waals surface area contributed by atoms with Crippen LogP contribution in [0.5, 0.6) is 11.5 Å². The second kappa shape index (κ2) is 6.44. The summed E-state index contributed by atoms with van der Waals surface area (Å²) in [6.07, 6.45) is 3.13. The van der Waals surface area contributed by atoms with Crippen LogP contribution < -0.4 is 9.47 Å². The number of hydrogen-bond donors (Lipinski definition) is 0. The Morgan fingerprint density at radius 2 is 1.95 bits per heavy atom. The number of halogens is 1. The number of fused-ring (bicyclic) bond motifs is 1. The maximum absolute atomic E-state index is 12.0. The fourth-order valence-electron chi connectivity index (χ4n) is 2.53. The third-order valence-electron chi connectivity index (χ3n) is 3.70. The van der Waals surface area contributed by atoms with Crippen LogP contribution >= 0.6 is 11.6 Å². The van der Waals surface area contributed by atoms with Crippen molar-refractivity contribution in [2.75, 3.05) is 26.5 Å². The molecule has 1 fully saturated rings. The molecule has 2 aliphatic heterocycles. The Kier molecular flexibility index (Phi) is 4.38. The van der Waals surface area contributed by atoms with Crippen LogP contribution in [0, 0.1) is 0 Å². The van der Waals surface area contributed by atoms with E-state index in [0.717, 1.165) is 32.4 Å². The van der Waals surface area contributed by atoms with Gasteiger partial charge in [0, 0.05) is 13.1 Å². The smallest absolute Gasteiger partial charge is 0.338 e. The number of hydrogen-bond acceptors (Lipinski definition) is 5. The first-order valence-electron chi connectivity index (χ1n) is 7.19. The van der Waals surface area contributed by atoms with Crippen LogP contribution in [0.15, 0.2) is 12.1 Å².